The van der Waals surface area contributed by atoms with Crippen molar-refractivity contribution in [1.29, 1.82) is 0 Å². The number of nitrogens with zero attached hydrogens (tertiary/aromatic N) is 4. The Bertz CT molecular complexity index is 652. The summed E-state index contributed by atoms with van der Waals surface area (Å²) in [5.41, 5.74) is 0.846. The summed E-state index contributed by atoms with van der Waals surface area (Å²) in [6, 6.07) is 2.46. The highest BCUT2D eigenvalue weighted by Gasteiger charge is 2.33. The van der Waals surface area contributed by atoms with Gasteiger partial charge < -0.3 is 14.8 Å². The number of hydrogen-bond acceptors (Lipinski definition) is 4. The lowest BCUT2D eigenvalue weighted by Gasteiger charge is -2.43. The summed E-state index contributed by atoms with van der Waals surface area (Å²) in [6.45, 7) is 4.62. The van der Waals surface area contributed by atoms with E-state index in [1.165, 1.54) is 0 Å². The van der Waals surface area contributed by atoms with Crippen molar-refractivity contribution in [3.63, 3.8) is 0 Å². The van der Waals surface area contributed by atoms with Crippen LogP contribution in [-0.4, -0.2) is 51.4 Å². The molecular formula is C15H21N5O. The maximum Gasteiger partial charge on any atom is 0.219 e. The Hall–Kier alpha value is -2.11. The number of amides is 1. The number of H-pyrrole nitrogens is 1. The normalized spacial score (nSPS) is 22.5. The van der Waals surface area contributed by atoms with Crippen molar-refractivity contribution < 1.29 is 4.79 Å². The van der Waals surface area contributed by atoms with Gasteiger partial charge in [0.05, 0.1) is 11.4 Å². The lowest BCUT2D eigenvalue weighted by Crippen LogP contribution is -2.54. The average Bonchev–Trinajstić information content (AvgIpc) is 2.94. The number of aromatic amines is 1. The van der Waals surface area contributed by atoms with Gasteiger partial charge in [-0.1, -0.05) is 0 Å². The largest absolute Gasteiger partial charge is 0.354 e. The van der Waals surface area contributed by atoms with E-state index in [0.717, 1.165) is 36.2 Å². The molecule has 1 fully saturated rings. The van der Waals surface area contributed by atoms with Crippen LogP contribution in [0, 0.1) is 0 Å². The van der Waals surface area contributed by atoms with Crippen LogP contribution in [0.4, 0.5) is 5.82 Å². The SMILES string of the molecule is CC(=O)N1CCCC(N(C)c2ncnc3[nH]ccc23)C1C. The molecule has 0 spiro atoms. The van der Waals surface area contributed by atoms with Crippen LogP contribution in [0.1, 0.15) is 26.7 Å². The number of carbonyl (C=O) groups excluding carboxylic acids is 1. The molecule has 3 rings (SSSR count). The number of likely N-dealkylation sites (tertiary alicyclic amines) is 1. The first-order chi connectivity index (χ1) is 10.1. The van der Waals surface area contributed by atoms with Gasteiger partial charge in [-0.3, -0.25) is 4.79 Å². The van der Waals surface area contributed by atoms with E-state index >= 15 is 0 Å². The summed E-state index contributed by atoms with van der Waals surface area (Å²) in [5.74, 6) is 1.07. The summed E-state index contributed by atoms with van der Waals surface area (Å²) in [4.78, 5) is 27.7. The minimum absolute atomic E-state index is 0.148. The van der Waals surface area contributed by atoms with Gasteiger partial charge >= 0.3 is 0 Å². The van der Waals surface area contributed by atoms with Crippen molar-refractivity contribution in [1.82, 2.24) is 19.9 Å². The monoisotopic (exact) mass is 287 g/mol. The van der Waals surface area contributed by atoms with Crippen LogP contribution in [0.3, 0.4) is 0 Å². The van der Waals surface area contributed by atoms with E-state index in [0.29, 0.717) is 0 Å². The third-order valence-corrected chi connectivity index (χ3v) is 4.52. The molecule has 2 atom stereocenters. The van der Waals surface area contributed by atoms with Crippen molar-refractivity contribution in [2.45, 2.75) is 38.8 Å². The van der Waals surface area contributed by atoms with Gasteiger partial charge in [0.25, 0.3) is 0 Å². The number of carbonyl (C=O) groups is 1. The van der Waals surface area contributed by atoms with Gasteiger partial charge in [0, 0.05) is 32.8 Å². The van der Waals surface area contributed by atoms with Crippen molar-refractivity contribution >= 4 is 22.8 Å². The highest BCUT2D eigenvalue weighted by Crippen LogP contribution is 2.28. The minimum Gasteiger partial charge on any atom is -0.354 e. The first kappa shape index (κ1) is 13.9. The molecule has 2 unspecified atom stereocenters. The second-order valence-corrected chi connectivity index (χ2v) is 5.71. The Morgan fingerprint density at radius 3 is 3.05 bits per heavy atom. The molecule has 0 aliphatic carbocycles. The predicted octanol–water partition coefficient (Wildman–Crippen LogP) is 1.79. The number of anilines is 1. The van der Waals surface area contributed by atoms with Crippen molar-refractivity contribution in [2.75, 3.05) is 18.5 Å². The fraction of sp³-hybridized carbons (Fsp3) is 0.533. The van der Waals surface area contributed by atoms with E-state index in [1.54, 1.807) is 13.3 Å². The van der Waals surface area contributed by atoms with Gasteiger partial charge in [-0.25, -0.2) is 9.97 Å². The molecule has 0 aromatic carbocycles. The van der Waals surface area contributed by atoms with Gasteiger partial charge in [-0.15, -0.1) is 0 Å². The Morgan fingerprint density at radius 2 is 2.29 bits per heavy atom. The zero-order valence-corrected chi connectivity index (χ0v) is 12.7. The van der Waals surface area contributed by atoms with Crippen LogP contribution < -0.4 is 4.90 Å². The molecule has 1 aliphatic rings. The third kappa shape index (κ3) is 2.34. The molecule has 112 valence electrons. The number of likely N-dealkylation sites (N-methyl/N-ethyl adjacent to an activating group) is 1. The standard InChI is InChI=1S/C15H21N5O/c1-10-13(5-4-8-20(10)11(2)21)19(3)15-12-6-7-16-14(12)17-9-18-15/h6-7,9-10,13H,4-5,8H2,1-3H3,(H,16,17,18). The topological polar surface area (TPSA) is 65.1 Å². The lowest BCUT2D eigenvalue weighted by atomic mass is 9.96. The molecule has 1 amide bonds. The Morgan fingerprint density at radius 1 is 1.48 bits per heavy atom. The summed E-state index contributed by atoms with van der Waals surface area (Å²) in [5, 5.41) is 1.02. The first-order valence-electron chi connectivity index (χ1n) is 7.37. The van der Waals surface area contributed by atoms with Crippen LogP contribution >= 0.6 is 0 Å². The number of hydrogen-bond donors (Lipinski definition) is 1. The number of fused-ring (bicyclic) bond motifs is 1. The van der Waals surface area contributed by atoms with Gasteiger partial charge in [0.1, 0.15) is 17.8 Å². The Labute approximate surface area is 124 Å². The number of aromatic nitrogens is 3. The van der Waals surface area contributed by atoms with E-state index < -0.39 is 0 Å². The fourth-order valence-electron chi connectivity index (χ4n) is 3.38. The molecule has 0 saturated carbocycles. The second-order valence-electron chi connectivity index (χ2n) is 5.71. The molecule has 1 N–H and O–H groups in total. The Kier molecular flexibility index (Phi) is 3.53. The molecule has 0 bridgehead atoms. The molecular weight excluding hydrogens is 266 g/mol. The van der Waals surface area contributed by atoms with E-state index in [2.05, 4.69) is 33.8 Å². The lowest BCUT2D eigenvalue weighted by molar-refractivity contribution is -0.132. The summed E-state index contributed by atoms with van der Waals surface area (Å²) < 4.78 is 0. The predicted molar refractivity (Wildman–Crippen MR) is 82.2 cm³/mol. The smallest absolute Gasteiger partial charge is 0.219 e. The molecule has 1 saturated heterocycles. The first-order valence-corrected chi connectivity index (χ1v) is 7.37. The average molecular weight is 287 g/mol. The van der Waals surface area contributed by atoms with Gasteiger partial charge in [-0.2, -0.15) is 0 Å². The van der Waals surface area contributed by atoms with Crippen LogP contribution in [0.25, 0.3) is 11.0 Å². The molecule has 2 aromatic rings. The third-order valence-electron chi connectivity index (χ3n) is 4.52. The van der Waals surface area contributed by atoms with E-state index in [9.17, 15) is 4.79 Å². The number of piperidine rings is 1. The van der Waals surface area contributed by atoms with E-state index in [4.69, 9.17) is 0 Å². The highest BCUT2D eigenvalue weighted by molar-refractivity contribution is 5.87. The fourth-order valence-corrected chi connectivity index (χ4v) is 3.38. The maximum atomic E-state index is 11.8. The second kappa shape index (κ2) is 5.35. The van der Waals surface area contributed by atoms with Gasteiger partial charge in [0.2, 0.25) is 5.91 Å². The van der Waals surface area contributed by atoms with E-state index in [-0.39, 0.29) is 18.0 Å². The Balaban J connectivity index is 1.92. The van der Waals surface area contributed by atoms with Crippen LogP contribution in [0.2, 0.25) is 0 Å². The van der Waals surface area contributed by atoms with Crippen molar-refractivity contribution in [3.05, 3.63) is 18.6 Å². The zero-order valence-electron chi connectivity index (χ0n) is 12.7. The van der Waals surface area contributed by atoms with E-state index in [1.807, 2.05) is 17.2 Å². The maximum absolute atomic E-state index is 11.8. The molecule has 2 aromatic heterocycles. The van der Waals surface area contributed by atoms with Crippen LogP contribution in [0.5, 0.6) is 0 Å². The van der Waals surface area contributed by atoms with Crippen molar-refractivity contribution in [3.8, 4) is 0 Å². The molecule has 6 heteroatoms. The zero-order chi connectivity index (χ0) is 15.0. The van der Waals surface area contributed by atoms with Crippen LogP contribution in [-0.2, 0) is 4.79 Å². The molecule has 0 radical (unpaired) electrons. The highest BCUT2D eigenvalue weighted by atomic mass is 16.2. The molecule has 6 nitrogen and oxygen atoms in total. The minimum atomic E-state index is 0.148. The summed E-state index contributed by atoms with van der Waals surface area (Å²) in [6.07, 6.45) is 5.56. The van der Waals surface area contributed by atoms with Gasteiger partial charge in [-0.05, 0) is 25.8 Å². The van der Waals surface area contributed by atoms with Crippen LogP contribution in [0.15, 0.2) is 18.6 Å². The number of rotatable bonds is 2. The van der Waals surface area contributed by atoms with Crippen molar-refractivity contribution in [2.24, 2.45) is 0 Å². The quantitative estimate of drug-likeness (QED) is 0.914. The molecule has 3 heterocycles. The summed E-state index contributed by atoms with van der Waals surface area (Å²) in [7, 11) is 2.06. The summed E-state index contributed by atoms with van der Waals surface area (Å²) >= 11 is 0. The number of nitrogens with one attached hydrogen (secondary N) is 1. The molecule has 21 heavy (non-hydrogen) atoms. The molecule has 1 aliphatic heterocycles. The van der Waals surface area contributed by atoms with Gasteiger partial charge in [0.15, 0.2) is 0 Å².